The second-order valence-corrected chi connectivity index (χ2v) is 8.83. The first-order valence-electron chi connectivity index (χ1n) is 10.3. The molecule has 1 aromatic heterocycles. The van der Waals surface area contributed by atoms with Crippen LogP contribution in [0.15, 0.2) is 47.0 Å². The van der Waals surface area contributed by atoms with Crippen molar-refractivity contribution in [3.8, 4) is 17.1 Å². The van der Waals surface area contributed by atoms with Crippen LogP contribution < -0.4 is 4.74 Å². The Hall–Kier alpha value is -3.22. The van der Waals surface area contributed by atoms with Gasteiger partial charge in [0.15, 0.2) is 11.6 Å². The van der Waals surface area contributed by atoms with E-state index in [-0.39, 0.29) is 29.7 Å². The minimum Gasteiger partial charge on any atom is -0.494 e. The molecule has 4 rings (SSSR count). The number of ether oxygens (including phenoxy) is 1. The zero-order valence-corrected chi connectivity index (χ0v) is 18.2. The second kappa shape index (κ2) is 8.13. The van der Waals surface area contributed by atoms with Crippen molar-refractivity contribution in [2.75, 3.05) is 7.11 Å². The Morgan fingerprint density at radius 1 is 1.19 bits per heavy atom. The fraction of sp³-hybridized carbons (Fsp3) is 0.375. The van der Waals surface area contributed by atoms with Crippen LogP contribution in [0.1, 0.15) is 56.7 Å². The molecule has 162 valence electrons. The van der Waals surface area contributed by atoms with Crippen molar-refractivity contribution in [1.82, 2.24) is 15.0 Å². The summed E-state index contributed by atoms with van der Waals surface area (Å²) in [6.07, 6.45) is 0.976. The zero-order valence-electron chi connectivity index (χ0n) is 18.2. The van der Waals surface area contributed by atoms with E-state index in [1.54, 1.807) is 17.0 Å². The number of aromatic nitrogens is 2. The molecule has 0 N–H and O–H groups in total. The van der Waals surface area contributed by atoms with Gasteiger partial charge in [-0.1, -0.05) is 56.3 Å². The van der Waals surface area contributed by atoms with Gasteiger partial charge in [-0.2, -0.15) is 4.98 Å². The largest absolute Gasteiger partial charge is 0.494 e. The summed E-state index contributed by atoms with van der Waals surface area (Å²) in [6.45, 7) is 6.75. The van der Waals surface area contributed by atoms with Crippen LogP contribution in [0.4, 0.5) is 4.39 Å². The fourth-order valence-corrected chi connectivity index (χ4v) is 3.80. The quantitative estimate of drug-likeness (QED) is 0.575. The summed E-state index contributed by atoms with van der Waals surface area (Å²) in [5.74, 6) is 0.588. The number of likely N-dealkylation sites (tertiary alicyclic amines) is 1. The van der Waals surface area contributed by atoms with Crippen LogP contribution in [0.25, 0.3) is 11.4 Å². The summed E-state index contributed by atoms with van der Waals surface area (Å²) in [7, 11) is 1.42. The average Bonchev–Trinajstić information content (AvgIpc) is 3.35. The maximum atomic E-state index is 14.1. The number of rotatable bonds is 5. The predicted octanol–water partition coefficient (Wildman–Crippen LogP) is 5.05. The normalized spacial score (nSPS) is 16.7. The molecule has 1 aliphatic rings. The third-order valence-electron chi connectivity index (χ3n) is 5.63. The van der Waals surface area contributed by atoms with Gasteiger partial charge in [-0.05, 0) is 35.1 Å². The van der Waals surface area contributed by atoms with Gasteiger partial charge in [0.25, 0.3) is 0 Å². The van der Waals surface area contributed by atoms with E-state index in [9.17, 15) is 9.18 Å². The highest BCUT2D eigenvalue weighted by Gasteiger charge is 2.36. The Morgan fingerprint density at radius 2 is 1.94 bits per heavy atom. The molecule has 1 amide bonds. The molecule has 2 heterocycles. The average molecular weight is 423 g/mol. The van der Waals surface area contributed by atoms with E-state index >= 15 is 0 Å². The molecule has 1 saturated heterocycles. The lowest BCUT2D eigenvalue weighted by atomic mass is 9.87. The van der Waals surface area contributed by atoms with Gasteiger partial charge in [-0.25, -0.2) is 4.39 Å². The molecule has 0 bridgehead atoms. The van der Waals surface area contributed by atoms with E-state index in [4.69, 9.17) is 9.26 Å². The molecule has 31 heavy (non-hydrogen) atoms. The molecule has 1 atom stereocenters. The van der Waals surface area contributed by atoms with Gasteiger partial charge in [0.2, 0.25) is 17.6 Å². The Kier molecular flexibility index (Phi) is 5.52. The number of carbonyl (C=O) groups is 1. The first-order valence-corrected chi connectivity index (χ1v) is 10.3. The highest BCUT2D eigenvalue weighted by molar-refractivity contribution is 5.78. The number of hydrogen-bond donors (Lipinski definition) is 0. The molecular formula is C24H26FN3O3. The van der Waals surface area contributed by atoms with E-state index in [1.807, 2.05) is 12.1 Å². The molecule has 2 aromatic carbocycles. The molecule has 6 nitrogen and oxygen atoms in total. The van der Waals surface area contributed by atoms with Gasteiger partial charge in [0.1, 0.15) is 6.04 Å². The van der Waals surface area contributed by atoms with Crippen LogP contribution in [0.2, 0.25) is 0 Å². The summed E-state index contributed by atoms with van der Waals surface area (Å²) in [4.78, 5) is 18.7. The topological polar surface area (TPSA) is 68.5 Å². The Labute approximate surface area is 181 Å². The van der Waals surface area contributed by atoms with E-state index in [1.165, 1.54) is 18.7 Å². The van der Waals surface area contributed by atoms with Gasteiger partial charge in [0.05, 0.1) is 7.11 Å². The number of benzene rings is 2. The van der Waals surface area contributed by atoms with Crippen molar-refractivity contribution >= 4 is 5.91 Å². The van der Waals surface area contributed by atoms with Gasteiger partial charge in [-0.15, -0.1) is 0 Å². The lowest BCUT2D eigenvalue weighted by Gasteiger charge is -2.22. The molecule has 3 aromatic rings. The van der Waals surface area contributed by atoms with Crippen molar-refractivity contribution in [2.24, 2.45) is 0 Å². The fourth-order valence-electron chi connectivity index (χ4n) is 3.80. The van der Waals surface area contributed by atoms with E-state index in [0.717, 1.165) is 5.56 Å². The van der Waals surface area contributed by atoms with Gasteiger partial charge in [-0.3, -0.25) is 4.79 Å². The predicted molar refractivity (Wildman–Crippen MR) is 114 cm³/mol. The minimum absolute atomic E-state index is 0.0180. The van der Waals surface area contributed by atoms with E-state index < -0.39 is 5.82 Å². The number of amides is 1. The smallest absolute Gasteiger partial charge is 0.249 e. The highest BCUT2D eigenvalue weighted by atomic mass is 19.1. The van der Waals surface area contributed by atoms with Gasteiger partial charge in [0, 0.05) is 18.5 Å². The van der Waals surface area contributed by atoms with Crippen LogP contribution in [-0.2, 0) is 16.8 Å². The summed E-state index contributed by atoms with van der Waals surface area (Å²) in [5, 5.41) is 4.13. The SMILES string of the molecule is COc1ccc(CN2C(=O)CCC2c2nc(-c3ccc(C(C)(C)C)cc3)no2)cc1F. The Balaban J connectivity index is 1.54. The van der Waals surface area contributed by atoms with Crippen molar-refractivity contribution in [3.05, 3.63) is 65.3 Å². The highest BCUT2D eigenvalue weighted by Crippen LogP contribution is 2.35. The van der Waals surface area contributed by atoms with Crippen molar-refractivity contribution in [1.29, 1.82) is 0 Å². The first kappa shape index (κ1) is 21.0. The van der Waals surface area contributed by atoms with E-state index in [2.05, 4.69) is 43.0 Å². The molecule has 1 fully saturated rings. The third-order valence-corrected chi connectivity index (χ3v) is 5.63. The van der Waals surface area contributed by atoms with Crippen LogP contribution >= 0.6 is 0 Å². The second-order valence-electron chi connectivity index (χ2n) is 8.83. The molecule has 0 radical (unpaired) electrons. The first-order chi connectivity index (χ1) is 14.8. The van der Waals surface area contributed by atoms with Crippen LogP contribution in [-0.4, -0.2) is 28.1 Å². The summed E-state index contributed by atoms with van der Waals surface area (Å²) in [5.41, 5.74) is 2.82. The number of methoxy groups -OCH3 is 1. The van der Waals surface area contributed by atoms with Gasteiger partial charge >= 0.3 is 0 Å². The maximum absolute atomic E-state index is 14.1. The monoisotopic (exact) mass is 423 g/mol. The standard InChI is InChI=1S/C24H26FN3O3/c1-24(2,3)17-8-6-16(7-9-17)22-26-23(31-27-22)19-10-12-21(29)28(19)14-15-5-11-20(30-4)18(25)13-15/h5-9,11,13,19H,10,12,14H2,1-4H3. The molecule has 1 unspecified atom stereocenters. The molecule has 0 saturated carbocycles. The molecular weight excluding hydrogens is 397 g/mol. The number of carbonyl (C=O) groups excluding carboxylic acids is 1. The number of hydrogen-bond acceptors (Lipinski definition) is 5. The number of nitrogens with zero attached hydrogens (tertiary/aromatic N) is 3. The van der Waals surface area contributed by atoms with Crippen molar-refractivity contribution in [2.45, 2.75) is 51.6 Å². The van der Waals surface area contributed by atoms with Crippen LogP contribution in [0.3, 0.4) is 0 Å². The summed E-state index contributed by atoms with van der Waals surface area (Å²) < 4.78 is 24.6. The Bertz CT molecular complexity index is 1090. The lowest BCUT2D eigenvalue weighted by Crippen LogP contribution is -2.27. The van der Waals surface area contributed by atoms with Crippen LogP contribution in [0, 0.1) is 5.82 Å². The third kappa shape index (κ3) is 4.31. The zero-order chi connectivity index (χ0) is 22.2. The summed E-state index contributed by atoms with van der Waals surface area (Å²) >= 11 is 0. The van der Waals surface area contributed by atoms with Crippen molar-refractivity contribution < 1.29 is 18.4 Å². The van der Waals surface area contributed by atoms with E-state index in [0.29, 0.717) is 30.1 Å². The maximum Gasteiger partial charge on any atom is 0.249 e. The lowest BCUT2D eigenvalue weighted by molar-refractivity contribution is -0.130. The van der Waals surface area contributed by atoms with Crippen LogP contribution in [0.5, 0.6) is 5.75 Å². The van der Waals surface area contributed by atoms with Crippen molar-refractivity contribution in [3.63, 3.8) is 0 Å². The Morgan fingerprint density at radius 3 is 2.58 bits per heavy atom. The molecule has 0 spiro atoms. The molecule has 0 aliphatic carbocycles. The summed E-state index contributed by atoms with van der Waals surface area (Å²) in [6, 6.07) is 12.5. The minimum atomic E-state index is -0.457. The molecule has 1 aliphatic heterocycles. The number of halogens is 1. The molecule has 7 heteroatoms. The van der Waals surface area contributed by atoms with Gasteiger partial charge < -0.3 is 14.2 Å².